The fourth-order valence-electron chi connectivity index (χ4n) is 2.96. The van der Waals surface area contributed by atoms with Crippen molar-refractivity contribution in [2.24, 2.45) is 5.92 Å². The van der Waals surface area contributed by atoms with Gasteiger partial charge in [0.15, 0.2) is 23.0 Å². The van der Waals surface area contributed by atoms with Gasteiger partial charge in [-0.1, -0.05) is 12.1 Å². The summed E-state index contributed by atoms with van der Waals surface area (Å²) >= 11 is 0. The molecule has 0 unspecified atom stereocenters. The van der Waals surface area contributed by atoms with E-state index < -0.39 is 0 Å². The third kappa shape index (κ3) is 3.59. The van der Waals surface area contributed by atoms with Crippen molar-refractivity contribution in [3.63, 3.8) is 0 Å². The minimum atomic E-state index is -0.354. The number of carbonyl (C=O) groups is 1. The molecule has 2 aromatic rings. The highest BCUT2D eigenvalue weighted by Crippen LogP contribution is 2.33. The lowest BCUT2D eigenvalue weighted by Crippen LogP contribution is -2.07. The summed E-state index contributed by atoms with van der Waals surface area (Å²) in [6, 6.07) is 10.00. The SMILES string of the molecule is COc1cc(/C=C2\C(=O)OC[C@H]2Cc2ccc(O)c(OC)c2)ccc1O. The quantitative estimate of drug-likeness (QED) is 0.633. The molecule has 0 saturated carbocycles. The zero-order valence-corrected chi connectivity index (χ0v) is 14.6. The largest absolute Gasteiger partial charge is 0.504 e. The Kier molecular flexibility index (Phi) is 5.02. The minimum Gasteiger partial charge on any atom is -0.504 e. The van der Waals surface area contributed by atoms with Crippen LogP contribution in [0.25, 0.3) is 6.08 Å². The van der Waals surface area contributed by atoms with Crippen LogP contribution < -0.4 is 9.47 Å². The van der Waals surface area contributed by atoms with Gasteiger partial charge in [0.25, 0.3) is 0 Å². The number of ether oxygens (including phenoxy) is 3. The molecule has 0 aliphatic carbocycles. The lowest BCUT2D eigenvalue weighted by Gasteiger charge is -2.11. The highest BCUT2D eigenvalue weighted by atomic mass is 16.5. The molecule has 1 saturated heterocycles. The summed E-state index contributed by atoms with van der Waals surface area (Å²) in [6.07, 6.45) is 2.32. The van der Waals surface area contributed by atoms with E-state index in [0.29, 0.717) is 30.1 Å². The van der Waals surface area contributed by atoms with Crippen LogP contribution in [0.1, 0.15) is 11.1 Å². The fourth-order valence-corrected chi connectivity index (χ4v) is 2.96. The van der Waals surface area contributed by atoms with Gasteiger partial charge in [-0.3, -0.25) is 0 Å². The predicted octanol–water partition coefficient (Wildman–Crippen LogP) is 2.91. The summed E-state index contributed by atoms with van der Waals surface area (Å²) < 4.78 is 15.4. The number of hydrogen-bond donors (Lipinski definition) is 2. The van der Waals surface area contributed by atoms with Gasteiger partial charge in [-0.05, 0) is 47.9 Å². The molecule has 0 amide bonds. The first-order valence-electron chi connectivity index (χ1n) is 8.13. The molecule has 0 spiro atoms. The Balaban J connectivity index is 1.87. The summed E-state index contributed by atoms with van der Waals surface area (Å²) in [5.41, 5.74) is 2.23. The molecule has 3 rings (SSSR count). The third-order valence-corrected chi connectivity index (χ3v) is 4.34. The molecule has 6 nitrogen and oxygen atoms in total. The molecule has 2 aromatic carbocycles. The van der Waals surface area contributed by atoms with E-state index in [1.54, 1.807) is 36.4 Å². The van der Waals surface area contributed by atoms with Crippen LogP contribution in [0.2, 0.25) is 0 Å². The maximum absolute atomic E-state index is 12.1. The Labute approximate surface area is 151 Å². The van der Waals surface area contributed by atoms with E-state index in [2.05, 4.69) is 0 Å². The van der Waals surface area contributed by atoms with Crippen LogP contribution in [0.4, 0.5) is 0 Å². The standard InChI is InChI=1S/C20H20O6/c1-24-18-9-12(3-5-16(18)21)7-14-11-26-20(23)15(14)8-13-4-6-17(22)19(10-13)25-2/h3-6,8-10,14,21-22H,7,11H2,1-2H3/b15-8-/t14-/m1/s1. The van der Waals surface area contributed by atoms with Crippen molar-refractivity contribution in [2.45, 2.75) is 6.42 Å². The van der Waals surface area contributed by atoms with Gasteiger partial charge in [0, 0.05) is 11.5 Å². The second-order valence-corrected chi connectivity index (χ2v) is 6.04. The van der Waals surface area contributed by atoms with E-state index in [1.807, 2.05) is 0 Å². The van der Waals surface area contributed by atoms with Crippen molar-refractivity contribution in [3.05, 3.63) is 53.1 Å². The van der Waals surface area contributed by atoms with E-state index in [0.717, 1.165) is 11.1 Å². The molecular formula is C20H20O6. The van der Waals surface area contributed by atoms with Crippen LogP contribution in [-0.2, 0) is 16.0 Å². The van der Waals surface area contributed by atoms with Gasteiger partial charge in [-0.25, -0.2) is 4.79 Å². The number of hydrogen-bond acceptors (Lipinski definition) is 6. The maximum atomic E-state index is 12.1. The zero-order valence-electron chi connectivity index (χ0n) is 14.6. The number of phenolic OH excluding ortho intramolecular Hbond substituents is 2. The normalized spacial score (nSPS) is 18.0. The highest BCUT2D eigenvalue weighted by molar-refractivity contribution is 5.96. The molecule has 1 aliphatic heterocycles. The molecule has 6 heteroatoms. The molecular weight excluding hydrogens is 336 g/mol. The van der Waals surface area contributed by atoms with Crippen LogP contribution in [0, 0.1) is 5.92 Å². The summed E-state index contributed by atoms with van der Waals surface area (Å²) in [5.74, 6) is 0.370. The Morgan fingerprint density at radius 3 is 2.42 bits per heavy atom. The summed E-state index contributed by atoms with van der Waals surface area (Å²) in [6.45, 7) is 0.295. The monoisotopic (exact) mass is 356 g/mol. The third-order valence-electron chi connectivity index (χ3n) is 4.34. The van der Waals surface area contributed by atoms with Crippen molar-refractivity contribution in [1.29, 1.82) is 0 Å². The number of rotatable bonds is 5. The van der Waals surface area contributed by atoms with Gasteiger partial charge < -0.3 is 24.4 Å². The zero-order chi connectivity index (χ0) is 18.7. The van der Waals surface area contributed by atoms with Crippen molar-refractivity contribution in [1.82, 2.24) is 0 Å². The van der Waals surface area contributed by atoms with E-state index in [4.69, 9.17) is 14.2 Å². The number of esters is 1. The average Bonchev–Trinajstić information content (AvgIpc) is 2.98. The highest BCUT2D eigenvalue weighted by Gasteiger charge is 2.30. The Morgan fingerprint density at radius 2 is 1.73 bits per heavy atom. The lowest BCUT2D eigenvalue weighted by molar-refractivity contribution is -0.135. The summed E-state index contributed by atoms with van der Waals surface area (Å²) in [7, 11) is 2.96. The van der Waals surface area contributed by atoms with E-state index in [1.165, 1.54) is 20.3 Å². The molecule has 26 heavy (non-hydrogen) atoms. The Bertz CT molecular complexity index is 855. The van der Waals surface area contributed by atoms with E-state index >= 15 is 0 Å². The predicted molar refractivity (Wildman–Crippen MR) is 95.4 cm³/mol. The number of phenols is 2. The topological polar surface area (TPSA) is 85.2 Å². The smallest absolute Gasteiger partial charge is 0.334 e. The molecule has 2 N–H and O–H groups in total. The summed E-state index contributed by atoms with van der Waals surface area (Å²) in [5, 5.41) is 19.4. The number of methoxy groups -OCH3 is 2. The molecule has 0 aromatic heterocycles. The molecule has 136 valence electrons. The molecule has 1 aliphatic rings. The van der Waals surface area contributed by atoms with Crippen molar-refractivity contribution in [3.8, 4) is 23.0 Å². The van der Waals surface area contributed by atoms with E-state index in [9.17, 15) is 15.0 Å². The fraction of sp³-hybridized carbons (Fsp3) is 0.250. The number of cyclic esters (lactones) is 1. The van der Waals surface area contributed by atoms with Crippen molar-refractivity contribution < 1.29 is 29.2 Å². The van der Waals surface area contributed by atoms with Gasteiger partial charge in [-0.2, -0.15) is 0 Å². The second-order valence-electron chi connectivity index (χ2n) is 6.04. The second kappa shape index (κ2) is 7.39. The first-order chi connectivity index (χ1) is 12.5. The number of benzene rings is 2. The molecule has 0 bridgehead atoms. The molecule has 1 atom stereocenters. The number of aromatic hydroxyl groups is 2. The lowest BCUT2D eigenvalue weighted by atomic mass is 9.92. The number of carbonyl (C=O) groups excluding carboxylic acids is 1. The van der Waals surface area contributed by atoms with Crippen LogP contribution >= 0.6 is 0 Å². The Morgan fingerprint density at radius 1 is 1.08 bits per heavy atom. The van der Waals surface area contributed by atoms with Crippen LogP contribution in [0.5, 0.6) is 23.0 Å². The van der Waals surface area contributed by atoms with Crippen LogP contribution in [0.15, 0.2) is 42.0 Å². The van der Waals surface area contributed by atoms with Crippen molar-refractivity contribution in [2.75, 3.05) is 20.8 Å². The molecule has 1 heterocycles. The van der Waals surface area contributed by atoms with Gasteiger partial charge in [-0.15, -0.1) is 0 Å². The van der Waals surface area contributed by atoms with Gasteiger partial charge >= 0.3 is 5.97 Å². The van der Waals surface area contributed by atoms with Crippen LogP contribution in [-0.4, -0.2) is 37.0 Å². The first-order valence-corrected chi connectivity index (χ1v) is 8.13. The summed E-state index contributed by atoms with van der Waals surface area (Å²) in [4.78, 5) is 12.1. The van der Waals surface area contributed by atoms with Gasteiger partial charge in [0.1, 0.15) is 0 Å². The maximum Gasteiger partial charge on any atom is 0.334 e. The van der Waals surface area contributed by atoms with Gasteiger partial charge in [0.2, 0.25) is 0 Å². The minimum absolute atomic E-state index is 0.0383. The van der Waals surface area contributed by atoms with Crippen LogP contribution in [0.3, 0.4) is 0 Å². The molecule has 1 fully saturated rings. The van der Waals surface area contributed by atoms with E-state index in [-0.39, 0.29) is 23.4 Å². The van der Waals surface area contributed by atoms with Crippen molar-refractivity contribution >= 4 is 12.0 Å². The Hall–Kier alpha value is -3.15. The molecule has 0 radical (unpaired) electrons. The first kappa shape index (κ1) is 17.7. The average molecular weight is 356 g/mol. The van der Waals surface area contributed by atoms with Gasteiger partial charge in [0.05, 0.1) is 20.8 Å².